The molecule has 0 fully saturated rings. The van der Waals surface area contributed by atoms with Gasteiger partial charge in [0.25, 0.3) is 0 Å². The van der Waals surface area contributed by atoms with Crippen LogP contribution < -0.4 is 4.74 Å². The van der Waals surface area contributed by atoms with E-state index in [2.05, 4.69) is 56.8 Å². The van der Waals surface area contributed by atoms with Crippen LogP contribution >= 0.6 is 0 Å². The molecule has 0 N–H and O–H groups in total. The summed E-state index contributed by atoms with van der Waals surface area (Å²) in [6.07, 6.45) is 0. The molecular formula is C24H25N5O. The number of tetrazole rings is 1. The van der Waals surface area contributed by atoms with Gasteiger partial charge in [-0.15, -0.1) is 5.10 Å². The van der Waals surface area contributed by atoms with Gasteiger partial charge in [-0.1, -0.05) is 72.8 Å². The highest BCUT2D eigenvalue weighted by molar-refractivity contribution is 5.35. The lowest BCUT2D eigenvalue weighted by atomic mass is 9.97. The van der Waals surface area contributed by atoms with Crippen molar-refractivity contribution in [1.82, 2.24) is 25.1 Å². The van der Waals surface area contributed by atoms with Crippen molar-refractivity contribution in [3.05, 3.63) is 107 Å². The molecule has 0 spiro atoms. The number of ether oxygens (including phenoxy) is 1. The molecule has 6 heteroatoms. The van der Waals surface area contributed by atoms with E-state index in [1.165, 1.54) is 0 Å². The molecule has 3 aromatic carbocycles. The van der Waals surface area contributed by atoms with Gasteiger partial charge in [-0.2, -0.15) is 0 Å². The largest absolute Gasteiger partial charge is 0.497 e. The second-order valence-corrected chi connectivity index (χ2v) is 7.34. The van der Waals surface area contributed by atoms with E-state index in [4.69, 9.17) is 4.74 Å². The van der Waals surface area contributed by atoms with Crippen molar-refractivity contribution in [3.8, 4) is 5.75 Å². The fourth-order valence-electron chi connectivity index (χ4n) is 3.77. The average molecular weight is 399 g/mol. The van der Waals surface area contributed by atoms with Gasteiger partial charge in [0, 0.05) is 0 Å². The first-order valence-electron chi connectivity index (χ1n) is 9.87. The second kappa shape index (κ2) is 8.88. The van der Waals surface area contributed by atoms with Crippen molar-refractivity contribution in [2.24, 2.45) is 0 Å². The van der Waals surface area contributed by atoms with Crippen molar-refractivity contribution in [3.63, 3.8) is 0 Å². The van der Waals surface area contributed by atoms with Gasteiger partial charge in [0.05, 0.1) is 13.2 Å². The average Bonchev–Trinajstić information content (AvgIpc) is 3.24. The fraction of sp³-hybridized carbons (Fsp3) is 0.208. The Morgan fingerprint density at radius 1 is 0.767 bits per heavy atom. The topological polar surface area (TPSA) is 56.1 Å². The molecule has 0 aliphatic carbocycles. The molecule has 1 atom stereocenters. The van der Waals surface area contributed by atoms with Crippen molar-refractivity contribution in [2.75, 3.05) is 21.2 Å². The van der Waals surface area contributed by atoms with E-state index in [9.17, 15) is 0 Å². The van der Waals surface area contributed by atoms with Crippen molar-refractivity contribution < 1.29 is 4.74 Å². The lowest BCUT2D eigenvalue weighted by Crippen LogP contribution is -2.27. The van der Waals surface area contributed by atoms with E-state index in [0.717, 1.165) is 28.3 Å². The third kappa shape index (κ3) is 3.95. The standard InChI is InChI=1S/C24H25N5O/c1-28(2)23(20-14-16-21(30-3)17-15-20)24-25-26-27-29(24)22(18-10-6-4-7-11-18)19-12-8-5-9-13-19/h4-17,22-23H,1-3H3/t23-/m1/s1. The molecular weight excluding hydrogens is 374 g/mol. The Hall–Kier alpha value is -3.51. The molecule has 0 unspecified atom stereocenters. The molecule has 4 rings (SSSR count). The number of aromatic nitrogens is 4. The summed E-state index contributed by atoms with van der Waals surface area (Å²) in [4.78, 5) is 2.12. The van der Waals surface area contributed by atoms with Gasteiger partial charge in [-0.25, -0.2) is 4.68 Å². The highest BCUT2D eigenvalue weighted by Crippen LogP contribution is 2.32. The van der Waals surface area contributed by atoms with E-state index >= 15 is 0 Å². The molecule has 30 heavy (non-hydrogen) atoms. The molecule has 0 saturated carbocycles. The number of rotatable bonds is 7. The zero-order valence-electron chi connectivity index (χ0n) is 17.4. The number of hydrogen-bond donors (Lipinski definition) is 0. The van der Waals surface area contributed by atoms with E-state index in [1.807, 2.05) is 67.3 Å². The third-order valence-corrected chi connectivity index (χ3v) is 5.19. The van der Waals surface area contributed by atoms with Crippen LogP contribution in [-0.4, -0.2) is 46.3 Å². The number of hydrogen-bond acceptors (Lipinski definition) is 5. The van der Waals surface area contributed by atoms with Crippen LogP contribution in [0.3, 0.4) is 0 Å². The summed E-state index contributed by atoms with van der Waals surface area (Å²) in [7, 11) is 5.74. The van der Waals surface area contributed by atoms with Crippen LogP contribution in [0.4, 0.5) is 0 Å². The zero-order valence-corrected chi connectivity index (χ0v) is 17.4. The Morgan fingerprint density at radius 2 is 1.33 bits per heavy atom. The van der Waals surface area contributed by atoms with Crippen LogP contribution in [0.5, 0.6) is 5.75 Å². The number of nitrogens with zero attached hydrogens (tertiary/aromatic N) is 5. The van der Waals surface area contributed by atoms with Gasteiger partial charge < -0.3 is 4.74 Å². The molecule has 1 heterocycles. The predicted molar refractivity (Wildman–Crippen MR) is 116 cm³/mol. The number of benzene rings is 3. The summed E-state index contributed by atoms with van der Waals surface area (Å²) in [5.41, 5.74) is 3.35. The minimum absolute atomic E-state index is 0.110. The maximum atomic E-state index is 5.32. The highest BCUT2D eigenvalue weighted by atomic mass is 16.5. The molecule has 152 valence electrons. The Labute approximate surface area is 176 Å². The van der Waals surface area contributed by atoms with Crippen LogP contribution in [0.15, 0.2) is 84.9 Å². The summed E-state index contributed by atoms with van der Waals surface area (Å²) in [5, 5.41) is 13.0. The maximum absolute atomic E-state index is 5.32. The van der Waals surface area contributed by atoms with Gasteiger partial charge >= 0.3 is 0 Å². The van der Waals surface area contributed by atoms with Crippen molar-refractivity contribution in [1.29, 1.82) is 0 Å². The Kier molecular flexibility index (Phi) is 5.86. The highest BCUT2D eigenvalue weighted by Gasteiger charge is 2.28. The van der Waals surface area contributed by atoms with E-state index < -0.39 is 0 Å². The SMILES string of the molecule is COc1ccc([C@H](c2nnnn2C(c2ccccc2)c2ccccc2)N(C)C)cc1. The first-order chi connectivity index (χ1) is 14.7. The van der Waals surface area contributed by atoms with Crippen LogP contribution in [0, 0.1) is 0 Å². The second-order valence-electron chi connectivity index (χ2n) is 7.34. The quantitative estimate of drug-likeness (QED) is 0.471. The first-order valence-corrected chi connectivity index (χ1v) is 9.87. The Morgan fingerprint density at radius 3 is 1.83 bits per heavy atom. The molecule has 6 nitrogen and oxygen atoms in total. The molecule has 4 aromatic rings. The maximum Gasteiger partial charge on any atom is 0.174 e. The summed E-state index contributed by atoms with van der Waals surface area (Å²) >= 11 is 0. The van der Waals surface area contributed by atoms with E-state index in [0.29, 0.717) is 0 Å². The predicted octanol–water partition coefficient (Wildman–Crippen LogP) is 3.97. The normalized spacial score (nSPS) is 12.3. The minimum Gasteiger partial charge on any atom is -0.497 e. The van der Waals surface area contributed by atoms with Crippen LogP contribution in [-0.2, 0) is 0 Å². The van der Waals surface area contributed by atoms with Crippen LogP contribution in [0.2, 0.25) is 0 Å². The Bertz CT molecular complexity index is 1020. The van der Waals surface area contributed by atoms with Crippen LogP contribution in [0.25, 0.3) is 0 Å². The molecule has 0 amide bonds. The lowest BCUT2D eigenvalue weighted by Gasteiger charge is -2.27. The third-order valence-electron chi connectivity index (χ3n) is 5.19. The monoisotopic (exact) mass is 399 g/mol. The fourth-order valence-corrected chi connectivity index (χ4v) is 3.77. The summed E-state index contributed by atoms with van der Waals surface area (Å²) in [6, 6.07) is 28.5. The molecule has 0 bridgehead atoms. The van der Waals surface area contributed by atoms with Gasteiger partial charge in [0.1, 0.15) is 11.8 Å². The number of methoxy groups -OCH3 is 1. The summed E-state index contributed by atoms with van der Waals surface area (Å²) in [5.74, 6) is 1.60. The minimum atomic E-state index is -0.127. The molecule has 0 aliphatic rings. The zero-order chi connectivity index (χ0) is 20.9. The molecule has 1 aromatic heterocycles. The van der Waals surface area contributed by atoms with Gasteiger partial charge in [-0.3, -0.25) is 4.90 Å². The van der Waals surface area contributed by atoms with E-state index in [1.54, 1.807) is 7.11 Å². The lowest BCUT2D eigenvalue weighted by molar-refractivity contribution is 0.315. The van der Waals surface area contributed by atoms with Gasteiger partial charge in [-0.05, 0) is 53.3 Å². The molecule has 0 aliphatic heterocycles. The molecule has 0 radical (unpaired) electrons. The van der Waals surface area contributed by atoms with Crippen molar-refractivity contribution >= 4 is 0 Å². The molecule has 0 saturated heterocycles. The van der Waals surface area contributed by atoms with Gasteiger partial charge in [0.2, 0.25) is 0 Å². The van der Waals surface area contributed by atoms with Crippen LogP contribution in [0.1, 0.15) is 34.6 Å². The first kappa shape index (κ1) is 19.8. The Balaban J connectivity index is 1.84. The summed E-state index contributed by atoms with van der Waals surface area (Å²) in [6.45, 7) is 0. The summed E-state index contributed by atoms with van der Waals surface area (Å²) < 4.78 is 7.25. The van der Waals surface area contributed by atoms with Crippen molar-refractivity contribution in [2.45, 2.75) is 12.1 Å². The van der Waals surface area contributed by atoms with E-state index in [-0.39, 0.29) is 12.1 Å². The smallest absolute Gasteiger partial charge is 0.174 e. The van der Waals surface area contributed by atoms with Gasteiger partial charge in [0.15, 0.2) is 5.82 Å².